The molecule has 2 saturated heterocycles. The van der Waals surface area contributed by atoms with Gasteiger partial charge < -0.3 is 19.9 Å². The third kappa shape index (κ3) is 4.46. The van der Waals surface area contributed by atoms with Crippen molar-refractivity contribution in [3.63, 3.8) is 0 Å². The second kappa shape index (κ2) is 7.84. The first-order valence-corrected chi connectivity index (χ1v) is 10.6. The first kappa shape index (κ1) is 20.0. The average molecular weight is 417 g/mol. The van der Waals surface area contributed by atoms with E-state index in [4.69, 9.17) is 4.74 Å². The Morgan fingerprint density at radius 3 is 2.64 bits per heavy atom. The number of morpholine rings is 1. The highest BCUT2D eigenvalue weighted by atomic mass is 32.2. The topological polar surface area (TPSA) is 31.0 Å². The molecule has 0 amide bonds. The quantitative estimate of drug-likeness (QED) is 0.710. The monoisotopic (exact) mass is 416 g/mol. The van der Waals surface area contributed by atoms with Crippen LogP contribution in [0.3, 0.4) is 0 Å². The number of piperazine rings is 1. The summed E-state index contributed by atoms with van der Waals surface area (Å²) in [4.78, 5) is 3.64. The van der Waals surface area contributed by atoms with E-state index in [1.54, 1.807) is 11.9 Å². The highest BCUT2D eigenvalue weighted by Crippen LogP contribution is 2.40. The first-order chi connectivity index (χ1) is 13.3. The van der Waals surface area contributed by atoms with E-state index in [9.17, 15) is 13.2 Å². The van der Waals surface area contributed by atoms with Crippen LogP contribution in [0.5, 0.6) is 0 Å². The maximum absolute atomic E-state index is 13.9. The van der Waals surface area contributed by atoms with Crippen LogP contribution < -0.4 is 5.32 Å². The van der Waals surface area contributed by atoms with E-state index in [0.717, 1.165) is 25.1 Å². The Hall–Kier alpha value is -1.32. The molecule has 5 nitrogen and oxygen atoms in total. The molecule has 0 radical (unpaired) electrons. The molecule has 156 valence electrons. The molecule has 0 aromatic heterocycles. The predicted octanol–water partition coefficient (Wildman–Crippen LogP) is 2.91. The first-order valence-electron chi connectivity index (χ1n) is 9.80. The lowest BCUT2D eigenvalue weighted by atomic mass is 10.1. The second-order valence-corrected chi connectivity index (χ2v) is 9.20. The van der Waals surface area contributed by atoms with Gasteiger partial charge in [0.1, 0.15) is 11.9 Å². The van der Waals surface area contributed by atoms with Crippen molar-refractivity contribution in [2.45, 2.75) is 43.3 Å². The number of halogens is 3. The Morgan fingerprint density at radius 1 is 1.18 bits per heavy atom. The molecule has 3 heterocycles. The molecule has 0 spiro atoms. The van der Waals surface area contributed by atoms with Crippen LogP contribution in [0, 0.1) is 0 Å². The molecule has 4 rings (SSSR count). The normalized spacial score (nSPS) is 30.1. The third-order valence-corrected chi connectivity index (χ3v) is 6.85. The zero-order chi connectivity index (χ0) is 19.9. The van der Waals surface area contributed by atoms with Gasteiger partial charge in [0, 0.05) is 54.9 Å². The van der Waals surface area contributed by atoms with E-state index in [2.05, 4.69) is 23.7 Å². The van der Waals surface area contributed by atoms with Crippen molar-refractivity contribution in [2.24, 2.45) is 0 Å². The Morgan fingerprint density at radius 2 is 1.96 bits per heavy atom. The zero-order valence-corrected chi connectivity index (χ0v) is 16.9. The zero-order valence-electron chi connectivity index (χ0n) is 16.0. The number of ether oxygens (including phenoxy) is 1. The molecule has 1 aliphatic carbocycles. The summed E-state index contributed by atoms with van der Waals surface area (Å²) in [5.41, 5.74) is 1.51. The van der Waals surface area contributed by atoms with E-state index < -0.39 is 12.2 Å². The fraction of sp³-hybridized carbons (Fsp3) is 0.684. The summed E-state index contributed by atoms with van der Waals surface area (Å²) >= 11 is 1.59. The van der Waals surface area contributed by atoms with Crippen LogP contribution in [0.4, 0.5) is 13.2 Å². The molecule has 2 unspecified atom stereocenters. The number of dihydropyridines is 1. The van der Waals surface area contributed by atoms with Crippen molar-refractivity contribution in [1.29, 1.82) is 0 Å². The van der Waals surface area contributed by atoms with Crippen molar-refractivity contribution < 1.29 is 17.9 Å². The predicted molar refractivity (Wildman–Crippen MR) is 104 cm³/mol. The number of rotatable bonds is 4. The van der Waals surface area contributed by atoms with Gasteiger partial charge in [-0.05, 0) is 25.8 Å². The van der Waals surface area contributed by atoms with Gasteiger partial charge in [-0.1, -0.05) is 18.5 Å². The van der Waals surface area contributed by atoms with Crippen LogP contribution in [0.1, 0.15) is 19.8 Å². The molecule has 0 aromatic carbocycles. The molecule has 3 fully saturated rings. The molecule has 1 N–H and O–H groups in total. The van der Waals surface area contributed by atoms with Gasteiger partial charge in [-0.3, -0.25) is 0 Å². The number of nitrogens with one attached hydrogen (secondary N) is 1. The largest absolute Gasteiger partial charge is 0.410 e. The fourth-order valence-electron chi connectivity index (χ4n) is 3.83. The van der Waals surface area contributed by atoms with Crippen LogP contribution in [0.2, 0.25) is 0 Å². The summed E-state index contributed by atoms with van der Waals surface area (Å²) in [6.45, 7) is 8.93. The minimum atomic E-state index is -4.29. The molecule has 9 heteroatoms. The summed E-state index contributed by atoms with van der Waals surface area (Å²) in [6.07, 6.45) is 1.66. The molecule has 0 bridgehead atoms. The highest BCUT2D eigenvalue weighted by molar-refractivity contribution is 7.97. The van der Waals surface area contributed by atoms with E-state index in [-0.39, 0.29) is 12.6 Å². The van der Waals surface area contributed by atoms with Gasteiger partial charge in [0.15, 0.2) is 0 Å². The van der Waals surface area contributed by atoms with Gasteiger partial charge in [0.25, 0.3) is 0 Å². The Kier molecular flexibility index (Phi) is 5.59. The highest BCUT2D eigenvalue weighted by Gasteiger charge is 2.48. The molecule has 0 aromatic rings. The lowest BCUT2D eigenvalue weighted by molar-refractivity contribution is -0.187. The van der Waals surface area contributed by atoms with Crippen LogP contribution in [0.25, 0.3) is 0 Å². The lowest BCUT2D eigenvalue weighted by Gasteiger charge is -2.45. The molecule has 1 saturated carbocycles. The molecular weight excluding hydrogens is 389 g/mol. The molecule has 3 aliphatic heterocycles. The number of allylic oxidation sites excluding steroid dienone is 2. The van der Waals surface area contributed by atoms with Crippen molar-refractivity contribution in [3.05, 3.63) is 35.9 Å². The van der Waals surface area contributed by atoms with E-state index in [0.29, 0.717) is 43.1 Å². The summed E-state index contributed by atoms with van der Waals surface area (Å²) in [5, 5.41) is 3.58. The minimum Gasteiger partial charge on any atom is -0.377 e. The molecular formula is C19H27F3N4OS. The third-order valence-electron chi connectivity index (χ3n) is 5.45. The average Bonchev–Trinajstić information content (AvgIpc) is 3.45. The van der Waals surface area contributed by atoms with Crippen LogP contribution >= 0.6 is 11.9 Å². The SMILES string of the molecule is C=C1C=C(N2CCOCC2C)C=C(N2CCN(SC3CC3)CC2C(F)(F)F)N1. The van der Waals surface area contributed by atoms with Crippen LogP contribution in [-0.2, 0) is 4.74 Å². The fourth-order valence-corrected chi connectivity index (χ4v) is 5.02. The maximum Gasteiger partial charge on any atom is 0.410 e. The smallest absolute Gasteiger partial charge is 0.377 e. The van der Waals surface area contributed by atoms with Gasteiger partial charge in [-0.2, -0.15) is 13.2 Å². The number of alkyl halides is 3. The Labute approximate surface area is 168 Å². The number of hydrogen-bond acceptors (Lipinski definition) is 6. The lowest BCUT2D eigenvalue weighted by Crippen LogP contribution is -2.58. The summed E-state index contributed by atoms with van der Waals surface area (Å²) in [6, 6.07) is -1.35. The van der Waals surface area contributed by atoms with E-state index in [1.807, 2.05) is 16.5 Å². The van der Waals surface area contributed by atoms with E-state index >= 15 is 0 Å². The van der Waals surface area contributed by atoms with Crippen LogP contribution in [-0.4, -0.2) is 77.0 Å². The van der Waals surface area contributed by atoms with Crippen molar-refractivity contribution >= 4 is 11.9 Å². The molecule has 4 aliphatic rings. The van der Waals surface area contributed by atoms with Gasteiger partial charge in [0.2, 0.25) is 0 Å². The second-order valence-electron chi connectivity index (χ2n) is 7.81. The van der Waals surface area contributed by atoms with Gasteiger partial charge >= 0.3 is 6.18 Å². The van der Waals surface area contributed by atoms with Gasteiger partial charge in [-0.25, -0.2) is 4.31 Å². The number of nitrogens with zero attached hydrogens (tertiary/aromatic N) is 3. The van der Waals surface area contributed by atoms with Gasteiger partial charge in [-0.15, -0.1) is 0 Å². The van der Waals surface area contributed by atoms with E-state index in [1.165, 1.54) is 4.90 Å². The molecule has 28 heavy (non-hydrogen) atoms. The summed E-state index contributed by atoms with van der Waals surface area (Å²) in [5.74, 6) is 0.486. The maximum atomic E-state index is 13.9. The minimum absolute atomic E-state index is 0.0107. The summed E-state index contributed by atoms with van der Waals surface area (Å²) in [7, 11) is 0. The van der Waals surface area contributed by atoms with Crippen LogP contribution in [0.15, 0.2) is 35.9 Å². The van der Waals surface area contributed by atoms with Crippen molar-refractivity contribution in [3.8, 4) is 0 Å². The number of hydrogen-bond donors (Lipinski definition) is 1. The summed E-state index contributed by atoms with van der Waals surface area (Å²) < 4.78 is 49.0. The van der Waals surface area contributed by atoms with Crippen molar-refractivity contribution in [2.75, 3.05) is 39.4 Å². The van der Waals surface area contributed by atoms with Gasteiger partial charge in [0.05, 0.1) is 13.2 Å². The van der Waals surface area contributed by atoms with Crippen molar-refractivity contribution in [1.82, 2.24) is 19.4 Å². The molecule has 2 atom stereocenters. The Balaban J connectivity index is 1.54. The Bertz CT molecular complexity index is 677. The standard InChI is InChI=1S/C19H27F3N4OS/c1-13-9-15(25-7-8-27-12-14(25)2)10-18(23-13)26-6-5-24(28-16-3-4-16)11-17(26)19(20,21)22/h9-10,14,16-17,23H,1,3-8,11-12H2,2H3.